The van der Waals surface area contributed by atoms with Crippen molar-refractivity contribution in [3.63, 3.8) is 0 Å². The van der Waals surface area contributed by atoms with Gasteiger partial charge in [0, 0.05) is 24.4 Å². The van der Waals surface area contributed by atoms with E-state index in [2.05, 4.69) is 56.5 Å². The van der Waals surface area contributed by atoms with E-state index in [9.17, 15) is 9.59 Å². The molecule has 3 rings (SSSR count). The Morgan fingerprint density at radius 2 is 1.83 bits per heavy atom. The van der Waals surface area contributed by atoms with Crippen LogP contribution in [0.2, 0.25) is 0 Å². The van der Waals surface area contributed by atoms with E-state index in [-0.39, 0.29) is 29.8 Å². The first kappa shape index (κ1) is 22.5. The number of hydrogen-bond acceptors (Lipinski definition) is 3. The van der Waals surface area contributed by atoms with Crippen molar-refractivity contribution in [3.05, 3.63) is 57.3 Å². The van der Waals surface area contributed by atoms with E-state index in [0.717, 1.165) is 18.4 Å². The third kappa shape index (κ3) is 4.77. The summed E-state index contributed by atoms with van der Waals surface area (Å²) in [4.78, 5) is 30.8. The average molecular weight is 427 g/mol. The molecule has 162 valence electrons. The van der Waals surface area contributed by atoms with Crippen molar-refractivity contribution in [2.45, 2.75) is 65.3 Å². The van der Waals surface area contributed by atoms with Gasteiger partial charge in [0.2, 0.25) is 11.8 Å². The molecule has 30 heavy (non-hydrogen) atoms. The normalized spacial score (nSPS) is 16.3. The third-order valence-corrected chi connectivity index (χ3v) is 6.85. The Labute approximate surface area is 184 Å². The molecule has 0 spiro atoms. The molecule has 0 bridgehead atoms. The summed E-state index contributed by atoms with van der Waals surface area (Å²) < 4.78 is 0. The van der Waals surface area contributed by atoms with E-state index < -0.39 is 0 Å². The Balaban J connectivity index is 1.91. The number of benzene rings is 1. The van der Waals surface area contributed by atoms with Crippen LogP contribution in [0.3, 0.4) is 0 Å². The summed E-state index contributed by atoms with van der Waals surface area (Å²) in [6.45, 7) is 12.0. The van der Waals surface area contributed by atoms with Gasteiger partial charge >= 0.3 is 0 Å². The van der Waals surface area contributed by atoms with E-state index >= 15 is 0 Å². The number of hydrogen-bond donors (Lipinski definition) is 0. The maximum absolute atomic E-state index is 13.4. The van der Waals surface area contributed by atoms with Crippen LogP contribution in [0.25, 0.3) is 0 Å². The topological polar surface area (TPSA) is 40.6 Å². The SMILES string of the molecule is CCCN(CC(=O)N1CCc2sccc2C1c1ccc(C(C)(C)C)cc1)C(=O)CC. The third-order valence-electron chi connectivity index (χ3n) is 5.85. The minimum atomic E-state index is -0.0817. The fourth-order valence-corrected chi connectivity index (χ4v) is 5.05. The Morgan fingerprint density at radius 3 is 2.43 bits per heavy atom. The van der Waals surface area contributed by atoms with Crippen molar-refractivity contribution >= 4 is 23.2 Å². The molecule has 0 saturated heterocycles. The first-order valence-corrected chi connectivity index (χ1v) is 11.9. The lowest BCUT2D eigenvalue weighted by Gasteiger charge is -2.38. The van der Waals surface area contributed by atoms with Crippen molar-refractivity contribution in [1.82, 2.24) is 9.80 Å². The zero-order valence-corrected chi connectivity index (χ0v) is 19.7. The van der Waals surface area contributed by atoms with Crippen molar-refractivity contribution in [2.75, 3.05) is 19.6 Å². The highest BCUT2D eigenvalue weighted by molar-refractivity contribution is 7.10. The van der Waals surface area contributed by atoms with E-state index in [0.29, 0.717) is 19.5 Å². The molecule has 5 heteroatoms. The number of thiophene rings is 1. The minimum Gasteiger partial charge on any atom is -0.333 e. The Bertz CT molecular complexity index is 879. The van der Waals surface area contributed by atoms with Crippen LogP contribution in [0.15, 0.2) is 35.7 Å². The van der Waals surface area contributed by atoms with Gasteiger partial charge in [0.1, 0.15) is 0 Å². The van der Waals surface area contributed by atoms with E-state index in [1.807, 2.05) is 18.7 Å². The Morgan fingerprint density at radius 1 is 1.13 bits per heavy atom. The van der Waals surface area contributed by atoms with Gasteiger partial charge in [0.15, 0.2) is 0 Å². The second-order valence-electron chi connectivity index (χ2n) is 9.08. The first-order chi connectivity index (χ1) is 14.3. The molecule has 1 aliphatic rings. The second-order valence-corrected chi connectivity index (χ2v) is 10.1. The van der Waals surface area contributed by atoms with Crippen LogP contribution >= 0.6 is 11.3 Å². The standard InChI is InChI=1S/C25H34N2O2S/c1-6-14-26(22(28)7-2)17-23(29)27-15-12-21-20(13-16-30-21)24(27)18-8-10-19(11-9-18)25(3,4)5/h8-11,13,16,24H,6-7,12,14-15,17H2,1-5H3. The number of amides is 2. The molecule has 1 atom stereocenters. The number of fused-ring (bicyclic) bond motifs is 1. The molecular weight excluding hydrogens is 392 g/mol. The van der Waals surface area contributed by atoms with Gasteiger partial charge < -0.3 is 9.80 Å². The number of carbonyl (C=O) groups is 2. The van der Waals surface area contributed by atoms with Crippen LogP contribution < -0.4 is 0 Å². The van der Waals surface area contributed by atoms with Crippen molar-refractivity contribution < 1.29 is 9.59 Å². The summed E-state index contributed by atoms with van der Waals surface area (Å²) in [7, 11) is 0. The lowest BCUT2D eigenvalue weighted by atomic mass is 9.85. The van der Waals surface area contributed by atoms with Crippen molar-refractivity contribution in [2.24, 2.45) is 0 Å². The second kappa shape index (κ2) is 9.34. The van der Waals surface area contributed by atoms with E-state index in [1.165, 1.54) is 16.0 Å². The first-order valence-electron chi connectivity index (χ1n) is 11.0. The van der Waals surface area contributed by atoms with Crippen LogP contribution in [0.5, 0.6) is 0 Å². The highest BCUT2D eigenvalue weighted by Crippen LogP contribution is 2.38. The largest absolute Gasteiger partial charge is 0.333 e. The van der Waals surface area contributed by atoms with Crippen molar-refractivity contribution in [1.29, 1.82) is 0 Å². The van der Waals surface area contributed by atoms with Crippen LogP contribution in [0.4, 0.5) is 0 Å². The Hall–Kier alpha value is -2.14. The van der Waals surface area contributed by atoms with Gasteiger partial charge in [-0.1, -0.05) is 58.9 Å². The Kier molecular flexibility index (Phi) is 7.02. The monoisotopic (exact) mass is 426 g/mol. The van der Waals surface area contributed by atoms with Gasteiger partial charge in [-0.05, 0) is 46.4 Å². The summed E-state index contributed by atoms with van der Waals surface area (Å²) >= 11 is 1.77. The van der Waals surface area contributed by atoms with Crippen molar-refractivity contribution in [3.8, 4) is 0 Å². The lowest BCUT2D eigenvalue weighted by Crippen LogP contribution is -2.46. The fourth-order valence-electron chi connectivity index (χ4n) is 4.15. The summed E-state index contributed by atoms with van der Waals surface area (Å²) in [5.74, 6) is 0.0801. The quantitative estimate of drug-likeness (QED) is 0.639. The van der Waals surface area contributed by atoms with Gasteiger partial charge in [0.25, 0.3) is 0 Å². The number of carbonyl (C=O) groups excluding carboxylic acids is 2. The molecule has 0 aliphatic carbocycles. The predicted molar refractivity (Wildman–Crippen MR) is 124 cm³/mol. The van der Waals surface area contributed by atoms with Crippen LogP contribution in [0.1, 0.15) is 75.1 Å². The molecule has 0 radical (unpaired) electrons. The number of nitrogens with zero attached hydrogens (tertiary/aromatic N) is 2. The highest BCUT2D eigenvalue weighted by atomic mass is 32.1. The summed E-state index contributed by atoms with van der Waals surface area (Å²) in [6, 6.07) is 10.8. The van der Waals surface area contributed by atoms with Crippen LogP contribution in [-0.2, 0) is 21.4 Å². The lowest BCUT2D eigenvalue weighted by molar-refractivity contribution is -0.141. The molecule has 1 aromatic carbocycles. The van der Waals surface area contributed by atoms with Gasteiger partial charge in [-0.15, -0.1) is 11.3 Å². The van der Waals surface area contributed by atoms with Gasteiger partial charge in [-0.25, -0.2) is 0 Å². The molecule has 2 heterocycles. The maximum atomic E-state index is 13.4. The molecule has 0 saturated carbocycles. The average Bonchev–Trinajstić information content (AvgIpc) is 3.20. The van der Waals surface area contributed by atoms with Gasteiger partial charge in [-0.2, -0.15) is 0 Å². The molecule has 2 amide bonds. The summed E-state index contributed by atoms with van der Waals surface area (Å²) in [6.07, 6.45) is 2.16. The van der Waals surface area contributed by atoms with Gasteiger partial charge in [0.05, 0.1) is 12.6 Å². The molecule has 1 unspecified atom stereocenters. The molecule has 0 N–H and O–H groups in total. The molecule has 4 nitrogen and oxygen atoms in total. The fraction of sp³-hybridized carbons (Fsp3) is 0.520. The zero-order valence-electron chi connectivity index (χ0n) is 18.9. The van der Waals surface area contributed by atoms with E-state index in [4.69, 9.17) is 0 Å². The number of rotatable bonds is 6. The highest BCUT2D eigenvalue weighted by Gasteiger charge is 2.34. The van der Waals surface area contributed by atoms with E-state index in [1.54, 1.807) is 16.2 Å². The maximum Gasteiger partial charge on any atom is 0.242 e. The van der Waals surface area contributed by atoms with Crippen LogP contribution in [0, 0.1) is 0 Å². The molecule has 0 fully saturated rings. The predicted octanol–water partition coefficient (Wildman–Crippen LogP) is 5.17. The summed E-state index contributed by atoms with van der Waals surface area (Å²) in [5.41, 5.74) is 3.75. The zero-order chi connectivity index (χ0) is 21.9. The minimum absolute atomic E-state index is 0.0343. The molecular formula is C25H34N2O2S. The van der Waals surface area contributed by atoms with Crippen LogP contribution in [-0.4, -0.2) is 41.2 Å². The smallest absolute Gasteiger partial charge is 0.242 e. The van der Waals surface area contributed by atoms with Gasteiger partial charge in [-0.3, -0.25) is 9.59 Å². The molecule has 1 aromatic heterocycles. The summed E-state index contributed by atoms with van der Waals surface area (Å²) in [5, 5.41) is 2.12. The molecule has 1 aliphatic heterocycles. The molecule has 2 aromatic rings.